The summed E-state index contributed by atoms with van der Waals surface area (Å²) in [6.07, 6.45) is 0.829. The highest BCUT2D eigenvalue weighted by molar-refractivity contribution is 5.68. The molecule has 0 N–H and O–H groups in total. The van der Waals surface area contributed by atoms with E-state index in [-0.39, 0.29) is 21.4 Å². The van der Waals surface area contributed by atoms with Crippen molar-refractivity contribution in [1.29, 1.82) is 0 Å². The summed E-state index contributed by atoms with van der Waals surface area (Å²) in [5, 5.41) is 15.1. The summed E-state index contributed by atoms with van der Waals surface area (Å²) in [6.45, 7) is 9.84. The van der Waals surface area contributed by atoms with Crippen molar-refractivity contribution in [3.63, 3.8) is 0 Å². The van der Waals surface area contributed by atoms with E-state index < -0.39 is 0 Å². The molecule has 106 valence electrons. The summed E-state index contributed by atoms with van der Waals surface area (Å²) in [5.74, 6) is 0. The Morgan fingerprint density at radius 2 is 1.95 bits per heavy atom. The number of rotatable bonds is 2. The molecule has 0 radical (unpaired) electrons. The van der Waals surface area contributed by atoms with Crippen LogP contribution >= 0.6 is 0 Å². The molecule has 0 fully saturated rings. The number of nitro groups is 1. The molecular weight excluding hydrogens is 256 g/mol. The fourth-order valence-corrected chi connectivity index (χ4v) is 3.64. The molecule has 0 aromatic heterocycles. The summed E-state index contributed by atoms with van der Waals surface area (Å²) in [4.78, 5) is 13.9. The lowest BCUT2D eigenvalue weighted by Gasteiger charge is -2.22. The van der Waals surface area contributed by atoms with Crippen LogP contribution in [-0.4, -0.2) is 4.92 Å². The van der Waals surface area contributed by atoms with Crippen LogP contribution in [0.4, 0.5) is 11.4 Å². The van der Waals surface area contributed by atoms with Gasteiger partial charge in [0.1, 0.15) is 0 Å². The van der Waals surface area contributed by atoms with E-state index in [1.165, 1.54) is 0 Å². The molecule has 0 spiro atoms. The number of benzene rings is 1. The third kappa shape index (κ3) is 1.93. The van der Waals surface area contributed by atoms with Gasteiger partial charge in [-0.3, -0.25) is 10.1 Å². The van der Waals surface area contributed by atoms with Gasteiger partial charge in [-0.25, -0.2) is 0 Å². The van der Waals surface area contributed by atoms with Crippen LogP contribution in [0.25, 0.3) is 10.4 Å². The van der Waals surface area contributed by atoms with Gasteiger partial charge in [-0.05, 0) is 41.3 Å². The molecule has 0 bridgehead atoms. The van der Waals surface area contributed by atoms with E-state index in [1.807, 2.05) is 19.9 Å². The second-order valence-electron chi connectivity index (χ2n) is 6.68. The number of nitro benzene ring substituents is 1. The van der Waals surface area contributed by atoms with E-state index in [9.17, 15) is 10.1 Å². The molecule has 6 nitrogen and oxygen atoms in total. The molecule has 20 heavy (non-hydrogen) atoms. The van der Waals surface area contributed by atoms with Gasteiger partial charge in [-0.1, -0.05) is 32.8 Å². The lowest BCUT2D eigenvalue weighted by Crippen LogP contribution is -2.18. The van der Waals surface area contributed by atoms with E-state index in [0.29, 0.717) is 11.3 Å². The molecular formula is C14H18N4O2. The Labute approximate surface area is 117 Å². The maximum Gasteiger partial charge on any atom is 0.276 e. The Bertz CT molecular complexity index is 656. The monoisotopic (exact) mass is 274 g/mol. The lowest BCUT2D eigenvalue weighted by molar-refractivity contribution is -0.386. The van der Waals surface area contributed by atoms with Gasteiger partial charge in [-0.15, -0.1) is 0 Å². The van der Waals surface area contributed by atoms with Crippen molar-refractivity contribution in [1.82, 2.24) is 0 Å². The van der Waals surface area contributed by atoms with E-state index in [0.717, 1.165) is 17.5 Å². The van der Waals surface area contributed by atoms with Crippen LogP contribution in [0.2, 0.25) is 0 Å². The standard InChI is InChI=1S/C14H18N4O2/c1-8-10(16-17-15)6-9-11(12(8)18(19)20)14(4,5)7-13(9,2)3/h6H,7H2,1-5H3. The molecule has 1 aliphatic rings. The summed E-state index contributed by atoms with van der Waals surface area (Å²) < 4.78 is 0. The minimum Gasteiger partial charge on any atom is -0.258 e. The fraction of sp³-hybridized carbons (Fsp3) is 0.571. The van der Waals surface area contributed by atoms with Crippen LogP contribution in [-0.2, 0) is 10.8 Å². The summed E-state index contributed by atoms with van der Waals surface area (Å²) >= 11 is 0. The molecule has 6 heteroatoms. The molecule has 1 aliphatic carbocycles. The highest BCUT2D eigenvalue weighted by Gasteiger charge is 2.47. The van der Waals surface area contributed by atoms with Gasteiger partial charge in [0.05, 0.1) is 4.92 Å². The first kappa shape index (κ1) is 14.3. The molecule has 0 unspecified atom stereocenters. The van der Waals surface area contributed by atoms with Crippen molar-refractivity contribution in [2.45, 2.75) is 51.9 Å². The summed E-state index contributed by atoms with van der Waals surface area (Å²) in [6, 6.07) is 1.81. The normalized spacial score (nSPS) is 18.2. The Hall–Kier alpha value is -2.07. The Morgan fingerprint density at radius 1 is 1.35 bits per heavy atom. The third-order valence-corrected chi connectivity index (χ3v) is 4.15. The predicted octanol–water partition coefficient (Wildman–Crippen LogP) is 4.80. The van der Waals surface area contributed by atoms with E-state index in [4.69, 9.17) is 5.53 Å². The lowest BCUT2D eigenvalue weighted by atomic mass is 9.81. The second-order valence-corrected chi connectivity index (χ2v) is 6.68. The van der Waals surface area contributed by atoms with Crippen molar-refractivity contribution in [2.75, 3.05) is 0 Å². The van der Waals surface area contributed by atoms with Gasteiger partial charge in [0.25, 0.3) is 5.69 Å². The number of azide groups is 1. The van der Waals surface area contributed by atoms with E-state index >= 15 is 0 Å². The van der Waals surface area contributed by atoms with Gasteiger partial charge in [-0.2, -0.15) is 0 Å². The van der Waals surface area contributed by atoms with E-state index in [1.54, 1.807) is 6.92 Å². The molecule has 0 atom stereocenters. The largest absolute Gasteiger partial charge is 0.276 e. The zero-order valence-corrected chi connectivity index (χ0v) is 12.4. The van der Waals surface area contributed by atoms with Crippen LogP contribution < -0.4 is 0 Å². The Balaban J connectivity index is 2.95. The zero-order chi connectivity index (χ0) is 15.3. The minimum absolute atomic E-state index is 0.0977. The quantitative estimate of drug-likeness (QED) is 0.254. The zero-order valence-electron chi connectivity index (χ0n) is 12.4. The molecule has 2 rings (SSSR count). The maximum atomic E-state index is 11.5. The number of hydrogen-bond donors (Lipinski definition) is 0. The first-order valence-corrected chi connectivity index (χ1v) is 6.50. The summed E-state index contributed by atoms with van der Waals surface area (Å²) in [5.41, 5.74) is 10.8. The molecule has 1 aromatic rings. The van der Waals surface area contributed by atoms with Gasteiger partial charge < -0.3 is 0 Å². The molecule has 0 heterocycles. The number of fused-ring (bicyclic) bond motifs is 1. The first-order valence-electron chi connectivity index (χ1n) is 6.50. The molecule has 0 saturated heterocycles. The highest BCUT2D eigenvalue weighted by atomic mass is 16.6. The van der Waals surface area contributed by atoms with Crippen molar-refractivity contribution in [3.8, 4) is 0 Å². The molecule has 0 saturated carbocycles. The average molecular weight is 274 g/mol. The highest BCUT2D eigenvalue weighted by Crippen LogP contribution is 2.54. The number of nitrogens with zero attached hydrogens (tertiary/aromatic N) is 4. The molecule has 0 aliphatic heterocycles. The van der Waals surface area contributed by atoms with Crippen molar-refractivity contribution >= 4 is 11.4 Å². The Kier molecular flexibility index (Phi) is 3.02. The smallest absolute Gasteiger partial charge is 0.258 e. The van der Waals surface area contributed by atoms with Gasteiger partial charge >= 0.3 is 0 Å². The van der Waals surface area contributed by atoms with Gasteiger partial charge in [0.2, 0.25) is 0 Å². The van der Waals surface area contributed by atoms with Gasteiger partial charge in [0.15, 0.2) is 0 Å². The average Bonchev–Trinajstić information content (AvgIpc) is 2.46. The van der Waals surface area contributed by atoms with Crippen molar-refractivity contribution in [3.05, 3.63) is 43.3 Å². The molecule has 0 amide bonds. The Morgan fingerprint density at radius 3 is 2.45 bits per heavy atom. The van der Waals surface area contributed by atoms with Crippen molar-refractivity contribution in [2.24, 2.45) is 5.11 Å². The van der Waals surface area contributed by atoms with E-state index in [2.05, 4.69) is 23.9 Å². The van der Waals surface area contributed by atoms with Crippen molar-refractivity contribution < 1.29 is 4.92 Å². The fourth-order valence-electron chi connectivity index (χ4n) is 3.64. The van der Waals surface area contributed by atoms with Crippen LogP contribution in [0.5, 0.6) is 0 Å². The maximum absolute atomic E-state index is 11.5. The van der Waals surface area contributed by atoms with Crippen LogP contribution in [0.1, 0.15) is 50.8 Å². The number of hydrogen-bond acceptors (Lipinski definition) is 3. The van der Waals surface area contributed by atoms with Crippen LogP contribution in [0, 0.1) is 17.0 Å². The van der Waals surface area contributed by atoms with Crippen LogP contribution in [0.15, 0.2) is 11.2 Å². The predicted molar refractivity (Wildman–Crippen MR) is 77.3 cm³/mol. The third-order valence-electron chi connectivity index (χ3n) is 4.15. The topological polar surface area (TPSA) is 91.9 Å². The van der Waals surface area contributed by atoms with Crippen LogP contribution in [0.3, 0.4) is 0 Å². The second kappa shape index (κ2) is 4.21. The minimum atomic E-state index is -0.353. The molecule has 1 aromatic carbocycles. The van der Waals surface area contributed by atoms with Gasteiger partial charge in [0, 0.05) is 21.7 Å². The SMILES string of the molecule is Cc1c(N=[N+]=[N-])cc2c(c1[N+](=O)[O-])C(C)(C)CC2(C)C. The summed E-state index contributed by atoms with van der Waals surface area (Å²) in [7, 11) is 0. The first-order chi connectivity index (χ1) is 9.12.